The predicted octanol–water partition coefficient (Wildman–Crippen LogP) is 4.29. The van der Waals surface area contributed by atoms with Gasteiger partial charge in [0.25, 0.3) is 5.91 Å². The Kier molecular flexibility index (Phi) is 5.13. The van der Waals surface area contributed by atoms with Gasteiger partial charge < -0.3 is 10.6 Å². The molecular weight excluding hydrogens is 374 g/mol. The Labute approximate surface area is 170 Å². The SMILES string of the molecule is C[C@H](NCC(=O)N1c2ccccc2NC(=O)C12CCCC2)c1ccc(Cl)cc1. The van der Waals surface area contributed by atoms with E-state index in [1.807, 2.05) is 55.5 Å². The fraction of sp³-hybridized carbons (Fsp3) is 0.364. The molecule has 1 saturated carbocycles. The Morgan fingerprint density at radius 3 is 2.57 bits per heavy atom. The van der Waals surface area contributed by atoms with E-state index in [9.17, 15) is 9.59 Å². The zero-order valence-corrected chi connectivity index (χ0v) is 16.6. The lowest BCUT2D eigenvalue weighted by atomic mass is 9.89. The molecule has 2 aliphatic rings. The molecule has 2 aromatic carbocycles. The van der Waals surface area contributed by atoms with E-state index in [2.05, 4.69) is 10.6 Å². The quantitative estimate of drug-likeness (QED) is 0.809. The minimum Gasteiger partial charge on any atom is -0.322 e. The number of amides is 2. The lowest BCUT2D eigenvalue weighted by molar-refractivity contribution is -0.127. The van der Waals surface area contributed by atoms with Gasteiger partial charge in [0.15, 0.2) is 0 Å². The fourth-order valence-corrected chi connectivity index (χ4v) is 4.44. The van der Waals surface area contributed by atoms with Gasteiger partial charge in [0, 0.05) is 11.1 Å². The van der Waals surface area contributed by atoms with Crippen LogP contribution in [0.1, 0.15) is 44.2 Å². The van der Waals surface area contributed by atoms with Gasteiger partial charge in [-0.1, -0.05) is 48.7 Å². The molecule has 1 atom stereocenters. The van der Waals surface area contributed by atoms with Gasteiger partial charge in [-0.25, -0.2) is 0 Å². The minimum atomic E-state index is -0.767. The van der Waals surface area contributed by atoms with Crippen LogP contribution in [-0.2, 0) is 9.59 Å². The highest BCUT2D eigenvalue weighted by atomic mass is 35.5. The molecule has 2 aromatic rings. The number of nitrogens with one attached hydrogen (secondary N) is 2. The Bertz CT molecular complexity index is 891. The first-order valence-corrected chi connectivity index (χ1v) is 10.1. The average molecular weight is 398 g/mol. The molecule has 1 aliphatic heterocycles. The van der Waals surface area contributed by atoms with Gasteiger partial charge in [0.1, 0.15) is 5.54 Å². The number of nitrogens with zero attached hydrogens (tertiary/aromatic N) is 1. The molecule has 146 valence electrons. The van der Waals surface area contributed by atoms with Gasteiger partial charge in [-0.3, -0.25) is 14.5 Å². The van der Waals surface area contributed by atoms with Crippen LogP contribution in [0, 0.1) is 0 Å². The van der Waals surface area contributed by atoms with Gasteiger partial charge in [0.05, 0.1) is 17.9 Å². The molecule has 0 saturated heterocycles. The molecule has 6 heteroatoms. The number of fused-ring (bicyclic) bond motifs is 1. The molecule has 1 spiro atoms. The molecule has 5 nitrogen and oxygen atoms in total. The topological polar surface area (TPSA) is 61.4 Å². The van der Waals surface area contributed by atoms with E-state index in [0.717, 1.165) is 24.1 Å². The summed E-state index contributed by atoms with van der Waals surface area (Å²) >= 11 is 5.96. The van der Waals surface area contributed by atoms with Crippen molar-refractivity contribution in [3.63, 3.8) is 0 Å². The maximum Gasteiger partial charge on any atom is 0.250 e. The largest absolute Gasteiger partial charge is 0.322 e. The van der Waals surface area contributed by atoms with Gasteiger partial charge in [-0.15, -0.1) is 0 Å². The van der Waals surface area contributed by atoms with Crippen LogP contribution in [0.2, 0.25) is 5.02 Å². The van der Waals surface area contributed by atoms with Crippen LogP contribution in [-0.4, -0.2) is 23.9 Å². The Balaban J connectivity index is 1.57. The third-order valence-corrected chi connectivity index (χ3v) is 6.11. The van der Waals surface area contributed by atoms with Gasteiger partial charge in [0.2, 0.25) is 5.91 Å². The van der Waals surface area contributed by atoms with E-state index in [1.54, 1.807) is 4.90 Å². The first kappa shape index (κ1) is 19.0. The Morgan fingerprint density at radius 1 is 1.18 bits per heavy atom. The maximum atomic E-state index is 13.3. The summed E-state index contributed by atoms with van der Waals surface area (Å²) in [4.78, 5) is 28.0. The first-order valence-electron chi connectivity index (χ1n) is 9.74. The summed E-state index contributed by atoms with van der Waals surface area (Å²) in [5.74, 6) is -0.146. The molecule has 1 aliphatic carbocycles. The second-order valence-electron chi connectivity index (χ2n) is 7.59. The van der Waals surface area contributed by atoms with Gasteiger partial charge in [-0.2, -0.15) is 0 Å². The van der Waals surface area contributed by atoms with Crippen LogP contribution in [0.25, 0.3) is 0 Å². The second kappa shape index (κ2) is 7.57. The van der Waals surface area contributed by atoms with Crippen molar-refractivity contribution in [3.8, 4) is 0 Å². The molecule has 2 N–H and O–H groups in total. The molecule has 0 aromatic heterocycles. The third kappa shape index (κ3) is 3.29. The molecule has 0 bridgehead atoms. The highest BCUT2D eigenvalue weighted by Gasteiger charge is 2.51. The van der Waals surface area contributed by atoms with E-state index < -0.39 is 5.54 Å². The van der Waals surface area contributed by atoms with Crippen LogP contribution in [0.3, 0.4) is 0 Å². The maximum absolute atomic E-state index is 13.3. The highest BCUT2D eigenvalue weighted by molar-refractivity contribution is 6.30. The number of hydrogen-bond acceptors (Lipinski definition) is 3. The summed E-state index contributed by atoms with van der Waals surface area (Å²) in [5.41, 5.74) is 1.78. The highest BCUT2D eigenvalue weighted by Crippen LogP contribution is 2.45. The number of para-hydroxylation sites is 2. The monoisotopic (exact) mass is 397 g/mol. The number of anilines is 2. The van der Waals surface area contributed by atoms with Crippen LogP contribution < -0.4 is 15.5 Å². The minimum absolute atomic E-state index is 0.00499. The number of halogens is 1. The van der Waals surface area contributed by atoms with Crippen molar-refractivity contribution in [3.05, 3.63) is 59.1 Å². The number of carbonyl (C=O) groups excluding carboxylic acids is 2. The van der Waals surface area contributed by atoms with Crippen LogP contribution in [0.4, 0.5) is 11.4 Å². The van der Waals surface area contributed by atoms with Crippen molar-refractivity contribution >= 4 is 34.8 Å². The molecule has 0 radical (unpaired) electrons. The Morgan fingerprint density at radius 2 is 1.86 bits per heavy atom. The molecule has 0 unspecified atom stereocenters. The second-order valence-corrected chi connectivity index (χ2v) is 8.03. The smallest absolute Gasteiger partial charge is 0.250 e. The van der Waals surface area contributed by atoms with Crippen molar-refractivity contribution in [2.24, 2.45) is 0 Å². The molecular formula is C22H24ClN3O2. The summed E-state index contributed by atoms with van der Waals surface area (Å²) in [6.45, 7) is 2.17. The van der Waals surface area contributed by atoms with Crippen molar-refractivity contribution in [1.82, 2.24) is 5.32 Å². The summed E-state index contributed by atoms with van der Waals surface area (Å²) < 4.78 is 0. The Hall–Kier alpha value is -2.37. The fourth-order valence-electron chi connectivity index (χ4n) is 4.32. The summed E-state index contributed by atoms with van der Waals surface area (Å²) in [6, 6.07) is 15.1. The summed E-state index contributed by atoms with van der Waals surface area (Å²) in [6.07, 6.45) is 3.30. The van der Waals surface area contributed by atoms with E-state index in [4.69, 9.17) is 11.6 Å². The third-order valence-electron chi connectivity index (χ3n) is 5.85. The van der Waals surface area contributed by atoms with E-state index in [1.165, 1.54) is 0 Å². The molecule has 1 heterocycles. The molecule has 1 fully saturated rings. The van der Waals surface area contributed by atoms with Crippen LogP contribution in [0.5, 0.6) is 0 Å². The van der Waals surface area contributed by atoms with E-state index >= 15 is 0 Å². The van der Waals surface area contributed by atoms with Gasteiger partial charge in [-0.05, 0) is 49.6 Å². The zero-order valence-electron chi connectivity index (χ0n) is 15.9. The number of benzene rings is 2. The van der Waals surface area contributed by atoms with E-state index in [-0.39, 0.29) is 24.4 Å². The van der Waals surface area contributed by atoms with Crippen molar-refractivity contribution in [1.29, 1.82) is 0 Å². The lowest BCUT2D eigenvalue weighted by Crippen LogP contribution is -2.62. The van der Waals surface area contributed by atoms with E-state index in [0.29, 0.717) is 23.6 Å². The normalized spacial score (nSPS) is 18.6. The van der Waals surface area contributed by atoms with Crippen molar-refractivity contribution < 1.29 is 9.59 Å². The lowest BCUT2D eigenvalue weighted by Gasteiger charge is -2.44. The van der Waals surface area contributed by atoms with Crippen LogP contribution in [0.15, 0.2) is 48.5 Å². The first-order chi connectivity index (χ1) is 13.5. The van der Waals surface area contributed by atoms with Gasteiger partial charge >= 0.3 is 0 Å². The summed E-state index contributed by atoms with van der Waals surface area (Å²) in [7, 11) is 0. The van der Waals surface area contributed by atoms with Crippen molar-refractivity contribution in [2.75, 3.05) is 16.8 Å². The number of rotatable bonds is 4. The molecule has 2 amide bonds. The van der Waals surface area contributed by atoms with Crippen molar-refractivity contribution in [2.45, 2.75) is 44.2 Å². The predicted molar refractivity (Wildman–Crippen MR) is 112 cm³/mol. The number of carbonyl (C=O) groups is 2. The average Bonchev–Trinajstić information content (AvgIpc) is 3.18. The van der Waals surface area contributed by atoms with Crippen LogP contribution >= 0.6 is 11.6 Å². The number of hydrogen-bond donors (Lipinski definition) is 2. The molecule has 28 heavy (non-hydrogen) atoms. The summed E-state index contributed by atoms with van der Waals surface area (Å²) in [5, 5.41) is 7.00. The molecule has 4 rings (SSSR count). The zero-order chi connectivity index (χ0) is 19.7. The standard InChI is InChI=1S/C22H24ClN3O2/c1-15(16-8-10-17(23)11-9-16)24-14-20(27)26-19-7-3-2-6-18(19)25-21(28)22(26)12-4-5-13-22/h2-3,6-11,15,24H,4-5,12-14H2,1H3,(H,25,28)/t15-/m0/s1.